The van der Waals surface area contributed by atoms with Gasteiger partial charge in [0.2, 0.25) is 0 Å². The zero-order valence-corrected chi connectivity index (χ0v) is 9.74. The summed E-state index contributed by atoms with van der Waals surface area (Å²) < 4.78 is 1.76. The van der Waals surface area contributed by atoms with Crippen LogP contribution in [0, 0.1) is 0 Å². The van der Waals surface area contributed by atoms with Gasteiger partial charge in [-0.25, -0.2) is 4.68 Å². The Balaban J connectivity index is 2.50. The van der Waals surface area contributed by atoms with E-state index in [-0.39, 0.29) is 5.75 Å². The van der Waals surface area contributed by atoms with Crippen molar-refractivity contribution in [1.82, 2.24) is 9.78 Å². The fourth-order valence-corrected chi connectivity index (χ4v) is 1.91. The molecule has 0 amide bonds. The lowest BCUT2D eigenvalue weighted by Gasteiger charge is -2.05. The van der Waals surface area contributed by atoms with Crippen molar-refractivity contribution in [2.75, 3.05) is 6.26 Å². The van der Waals surface area contributed by atoms with Gasteiger partial charge in [0.25, 0.3) is 0 Å². The number of hydrogen-bond donors (Lipinski definition) is 2. The zero-order valence-electron chi connectivity index (χ0n) is 8.92. The summed E-state index contributed by atoms with van der Waals surface area (Å²) in [5.41, 5.74) is 7.41. The highest BCUT2D eigenvalue weighted by Crippen LogP contribution is 2.20. The first kappa shape index (κ1) is 11.0. The fraction of sp³-hybridized carbons (Fsp3) is 0.182. The van der Waals surface area contributed by atoms with Crippen molar-refractivity contribution in [1.29, 1.82) is 0 Å². The summed E-state index contributed by atoms with van der Waals surface area (Å²) in [6.45, 7) is 0.420. The summed E-state index contributed by atoms with van der Waals surface area (Å²) in [4.78, 5) is 0. The van der Waals surface area contributed by atoms with Crippen LogP contribution in [0.25, 0.3) is 5.69 Å². The van der Waals surface area contributed by atoms with Crippen molar-refractivity contribution in [3.05, 3.63) is 36.0 Å². The molecule has 0 unspecified atom stereocenters. The largest absolute Gasteiger partial charge is 0.508 e. The van der Waals surface area contributed by atoms with E-state index in [0.717, 1.165) is 16.4 Å². The van der Waals surface area contributed by atoms with Crippen molar-refractivity contribution < 1.29 is 5.11 Å². The Labute approximate surface area is 98.1 Å². The van der Waals surface area contributed by atoms with Crippen molar-refractivity contribution >= 4 is 11.8 Å². The smallest absolute Gasteiger partial charge is 0.119 e. The molecule has 3 N–H and O–H groups in total. The number of thioether (sulfide) groups is 1. The molecule has 0 aliphatic carbocycles. The molecule has 5 heteroatoms. The van der Waals surface area contributed by atoms with E-state index in [9.17, 15) is 5.11 Å². The Kier molecular flexibility index (Phi) is 3.17. The average Bonchev–Trinajstić information content (AvgIpc) is 2.72. The van der Waals surface area contributed by atoms with Crippen LogP contribution in [-0.4, -0.2) is 21.1 Å². The predicted octanol–water partition coefficient (Wildman–Crippen LogP) is 1.76. The topological polar surface area (TPSA) is 64.1 Å². The highest BCUT2D eigenvalue weighted by atomic mass is 32.2. The van der Waals surface area contributed by atoms with Gasteiger partial charge < -0.3 is 10.8 Å². The van der Waals surface area contributed by atoms with Gasteiger partial charge in [-0.3, -0.25) is 0 Å². The van der Waals surface area contributed by atoms with Gasteiger partial charge in [0, 0.05) is 12.6 Å². The van der Waals surface area contributed by atoms with Gasteiger partial charge in [-0.2, -0.15) is 5.10 Å². The third-order valence-corrected chi connectivity index (χ3v) is 2.87. The van der Waals surface area contributed by atoms with Crippen LogP contribution in [0.15, 0.2) is 35.4 Å². The van der Waals surface area contributed by atoms with Crippen LogP contribution < -0.4 is 5.73 Å². The van der Waals surface area contributed by atoms with E-state index >= 15 is 0 Å². The van der Waals surface area contributed by atoms with E-state index in [1.807, 2.05) is 18.4 Å². The molecule has 0 aliphatic rings. The number of nitrogens with zero attached hydrogens (tertiary/aromatic N) is 2. The van der Waals surface area contributed by atoms with E-state index in [1.54, 1.807) is 34.6 Å². The van der Waals surface area contributed by atoms with Gasteiger partial charge in [0.1, 0.15) is 10.8 Å². The average molecular weight is 235 g/mol. The standard InChI is InChI=1S/C11H13N3OS/c1-16-11-6-9(7-12)14(13-11)8-3-2-4-10(15)5-8/h2-6,15H,7,12H2,1H3. The number of aromatic nitrogens is 2. The maximum absolute atomic E-state index is 9.42. The van der Waals surface area contributed by atoms with Crippen LogP contribution >= 0.6 is 11.8 Å². The molecular weight excluding hydrogens is 222 g/mol. The Bertz CT molecular complexity index is 496. The summed E-state index contributed by atoms with van der Waals surface area (Å²) in [7, 11) is 0. The van der Waals surface area contributed by atoms with Crippen molar-refractivity contribution in [2.24, 2.45) is 5.73 Å². The molecule has 0 spiro atoms. The Hall–Kier alpha value is -1.46. The molecule has 4 nitrogen and oxygen atoms in total. The normalized spacial score (nSPS) is 10.6. The quantitative estimate of drug-likeness (QED) is 0.796. The number of phenolic OH excluding ortho intramolecular Hbond substituents is 1. The molecule has 0 atom stereocenters. The van der Waals surface area contributed by atoms with Crippen LogP contribution in [0.5, 0.6) is 5.75 Å². The molecule has 0 aliphatic heterocycles. The highest BCUT2D eigenvalue weighted by Gasteiger charge is 2.07. The van der Waals surface area contributed by atoms with E-state index in [0.29, 0.717) is 6.54 Å². The number of phenols is 1. The Morgan fingerprint density at radius 2 is 2.25 bits per heavy atom. The molecule has 1 aromatic carbocycles. The molecule has 0 saturated heterocycles. The zero-order chi connectivity index (χ0) is 11.5. The molecule has 1 aromatic heterocycles. The molecule has 1 heterocycles. The van der Waals surface area contributed by atoms with Crippen molar-refractivity contribution in [2.45, 2.75) is 11.6 Å². The molecule has 2 rings (SSSR count). The first-order valence-electron chi connectivity index (χ1n) is 4.87. The van der Waals surface area contributed by atoms with E-state index in [2.05, 4.69) is 5.10 Å². The number of aromatic hydroxyl groups is 1. The summed E-state index contributed by atoms with van der Waals surface area (Å²) in [5.74, 6) is 0.224. The maximum atomic E-state index is 9.42. The lowest BCUT2D eigenvalue weighted by molar-refractivity contribution is 0.474. The van der Waals surface area contributed by atoms with Gasteiger partial charge in [0.05, 0.1) is 11.4 Å². The Morgan fingerprint density at radius 3 is 2.88 bits per heavy atom. The molecule has 2 aromatic rings. The minimum absolute atomic E-state index is 0.224. The first-order chi connectivity index (χ1) is 7.74. The fourth-order valence-electron chi connectivity index (χ4n) is 1.49. The van der Waals surface area contributed by atoms with Gasteiger partial charge in [-0.15, -0.1) is 11.8 Å². The second-order valence-corrected chi connectivity index (χ2v) is 4.14. The molecule has 0 fully saturated rings. The summed E-state index contributed by atoms with van der Waals surface area (Å²) in [6.07, 6.45) is 1.97. The third kappa shape index (κ3) is 2.05. The predicted molar refractivity (Wildman–Crippen MR) is 64.9 cm³/mol. The molecular formula is C11H13N3OS. The van der Waals surface area contributed by atoms with Gasteiger partial charge in [0.15, 0.2) is 0 Å². The van der Waals surface area contributed by atoms with Gasteiger partial charge >= 0.3 is 0 Å². The van der Waals surface area contributed by atoms with E-state index < -0.39 is 0 Å². The highest BCUT2D eigenvalue weighted by molar-refractivity contribution is 7.98. The summed E-state index contributed by atoms with van der Waals surface area (Å²) in [5, 5.41) is 14.7. The van der Waals surface area contributed by atoms with E-state index in [1.165, 1.54) is 0 Å². The summed E-state index contributed by atoms with van der Waals surface area (Å²) >= 11 is 1.57. The summed E-state index contributed by atoms with van der Waals surface area (Å²) in [6, 6.07) is 8.91. The third-order valence-electron chi connectivity index (χ3n) is 2.25. The maximum Gasteiger partial charge on any atom is 0.119 e. The molecule has 0 bridgehead atoms. The lowest BCUT2D eigenvalue weighted by atomic mass is 10.3. The molecule has 84 valence electrons. The number of benzene rings is 1. The van der Waals surface area contributed by atoms with Crippen molar-refractivity contribution in [3.63, 3.8) is 0 Å². The van der Waals surface area contributed by atoms with Gasteiger partial charge in [-0.1, -0.05) is 6.07 Å². The van der Waals surface area contributed by atoms with Crippen LogP contribution in [0.2, 0.25) is 0 Å². The van der Waals surface area contributed by atoms with Crippen LogP contribution in [0.4, 0.5) is 0 Å². The number of nitrogens with two attached hydrogens (primary N) is 1. The van der Waals surface area contributed by atoms with E-state index in [4.69, 9.17) is 5.73 Å². The molecule has 16 heavy (non-hydrogen) atoms. The second-order valence-electron chi connectivity index (χ2n) is 3.31. The SMILES string of the molecule is CSc1cc(CN)n(-c2cccc(O)c2)n1. The van der Waals surface area contributed by atoms with Gasteiger partial charge in [-0.05, 0) is 24.5 Å². The molecule has 0 saturated carbocycles. The number of rotatable bonds is 3. The van der Waals surface area contributed by atoms with Crippen molar-refractivity contribution in [3.8, 4) is 11.4 Å². The second kappa shape index (κ2) is 4.59. The van der Waals surface area contributed by atoms with Crippen LogP contribution in [0.1, 0.15) is 5.69 Å². The first-order valence-corrected chi connectivity index (χ1v) is 6.09. The lowest BCUT2D eigenvalue weighted by Crippen LogP contribution is -2.06. The number of hydrogen-bond acceptors (Lipinski definition) is 4. The molecule has 0 radical (unpaired) electrons. The van der Waals surface area contributed by atoms with Crippen LogP contribution in [-0.2, 0) is 6.54 Å². The minimum Gasteiger partial charge on any atom is -0.508 e. The Morgan fingerprint density at radius 1 is 1.44 bits per heavy atom. The monoisotopic (exact) mass is 235 g/mol. The van der Waals surface area contributed by atoms with Crippen LogP contribution in [0.3, 0.4) is 0 Å². The minimum atomic E-state index is 0.224.